The normalized spacial score (nSPS) is 11.9. The van der Waals surface area contributed by atoms with E-state index in [0.717, 1.165) is 27.8 Å². The van der Waals surface area contributed by atoms with Crippen molar-refractivity contribution in [2.24, 2.45) is 0 Å². The molecule has 0 radical (unpaired) electrons. The molecule has 2 aromatic carbocycles. The molecule has 0 aliphatic rings. The standard InChI is InChI=1S/C24H24N2O2S2/c1-3-28-20-12-11-18(14-21(20)27-2)24-26-19(16-30-24)15-25-23(22-10-7-13-29-22)17-8-5-4-6-9-17/h4-14,16,23,25H,3,15H2,1-2H3. The Morgan fingerprint density at radius 2 is 1.87 bits per heavy atom. The number of nitrogens with one attached hydrogen (secondary N) is 1. The Hall–Kier alpha value is -2.67. The summed E-state index contributed by atoms with van der Waals surface area (Å²) in [6.07, 6.45) is 0. The molecule has 1 N–H and O–H groups in total. The van der Waals surface area contributed by atoms with Crippen LogP contribution in [0.1, 0.15) is 29.1 Å². The van der Waals surface area contributed by atoms with Crippen molar-refractivity contribution in [3.05, 3.63) is 87.6 Å². The van der Waals surface area contributed by atoms with Gasteiger partial charge in [-0.1, -0.05) is 36.4 Å². The fourth-order valence-electron chi connectivity index (χ4n) is 3.29. The highest BCUT2D eigenvalue weighted by molar-refractivity contribution is 7.13. The maximum Gasteiger partial charge on any atom is 0.161 e. The molecule has 0 aliphatic heterocycles. The van der Waals surface area contributed by atoms with Crippen molar-refractivity contribution in [1.82, 2.24) is 10.3 Å². The van der Waals surface area contributed by atoms with Gasteiger partial charge in [-0.05, 0) is 42.1 Å². The van der Waals surface area contributed by atoms with Crippen LogP contribution in [0.15, 0.2) is 71.4 Å². The molecule has 4 rings (SSSR count). The summed E-state index contributed by atoms with van der Waals surface area (Å²) in [6, 6.07) is 20.9. The van der Waals surface area contributed by atoms with Gasteiger partial charge in [-0.3, -0.25) is 5.32 Å². The first-order chi connectivity index (χ1) is 14.8. The molecule has 4 aromatic rings. The second-order valence-corrected chi connectivity index (χ2v) is 8.52. The van der Waals surface area contributed by atoms with Gasteiger partial charge in [0.25, 0.3) is 0 Å². The van der Waals surface area contributed by atoms with Crippen molar-refractivity contribution in [2.75, 3.05) is 13.7 Å². The number of hydrogen-bond donors (Lipinski definition) is 1. The average Bonchev–Trinajstić information content (AvgIpc) is 3.48. The van der Waals surface area contributed by atoms with Crippen molar-refractivity contribution in [3.8, 4) is 22.1 Å². The molecule has 4 nitrogen and oxygen atoms in total. The summed E-state index contributed by atoms with van der Waals surface area (Å²) in [5.74, 6) is 1.48. The molecular formula is C24H24N2O2S2. The summed E-state index contributed by atoms with van der Waals surface area (Å²) < 4.78 is 11.1. The number of hydrogen-bond acceptors (Lipinski definition) is 6. The highest BCUT2D eigenvalue weighted by Gasteiger charge is 2.16. The zero-order valence-corrected chi connectivity index (χ0v) is 18.6. The fraction of sp³-hybridized carbons (Fsp3) is 0.208. The number of benzene rings is 2. The predicted molar refractivity (Wildman–Crippen MR) is 125 cm³/mol. The van der Waals surface area contributed by atoms with Crippen LogP contribution in [0.4, 0.5) is 0 Å². The first-order valence-corrected chi connectivity index (χ1v) is 11.6. The first-order valence-electron chi connectivity index (χ1n) is 9.86. The zero-order chi connectivity index (χ0) is 20.8. The van der Waals surface area contributed by atoms with Crippen LogP contribution >= 0.6 is 22.7 Å². The van der Waals surface area contributed by atoms with Gasteiger partial charge in [-0.15, -0.1) is 22.7 Å². The molecule has 0 saturated carbocycles. The number of rotatable bonds is 9. The molecule has 0 bridgehead atoms. The summed E-state index contributed by atoms with van der Waals surface area (Å²) >= 11 is 3.41. The van der Waals surface area contributed by atoms with Crippen LogP contribution < -0.4 is 14.8 Å². The van der Waals surface area contributed by atoms with Gasteiger partial charge in [-0.25, -0.2) is 4.98 Å². The van der Waals surface area contributed by atoms with Gasteiger partial charge in [0.15, 0.2) is 11.5 Å². The largest absolute Gasteiger partial charge is 0.493 e. The second-order valence-electron chi connectivity index (χ2n) is 6.68. The lowest BCUT2D eigenvalue weighted by Gasteiger charge is -2.17. The van der Waals surface area contributed by atoms with E-state index < -0.39 is 0 Å². The quantitative estimate of drug-likeness (QED) is 0.341. The predicted octanol–water partition coefficient (Wildman–Crippen LogP) is 6.16. The lowest BCUT2D eigenvalue weighted by Crippen LogP contribution is -2.21. The molecule has 2 aromatic heterocycles. The average molecular weight is 437 g/mol. The van der Waals surface area contributed by atoms with E-state index in [0.29, 0.717) is 13.2 Å². The Bertz CT molecular complexity index is 1060. The summed E-state index contributed by atoms with van der Waals surface area (Å²) in [6.45, 7) is 3.27. The third-order valence-electron chi connectivity index (χ3n) is 4.71. The fourth-order valence-corrected chi connectivity index (χ4v) is 4.93. The van der Waals surface area contributed by atoms with Gasteiger partial charge in [0, 0.05) is 22.4 Å². The van der Waals surface area contributed by atoms with Crippen LogP contribution in [-0.4, -0.2) is 18.7 Å². The van der Waals surface area contributed by atoms with Crippen LogP contribution in [0.25, 0.3) is 10.6 Å². The molecule has 6 heteroatoms. The number of aromatic nitrogens is 1. The third kappa shape index (κ3) is 4.73. The van der Waals surface area contributed by atoms with Crippen molar-refractivity contribution >= 4 is 22.7 Å². The van der Waals surface area contributed by atoms with Gasteiger partial charge < -0.3 is 9.47 Å². The van der Waals surface area contributed by atoms with Crippen molar-refractivity contribution < 1.29 is 9.47 Å². The molecule has 0 aliphatic carbocycles. The Morgan fingerprint density at radius 3 is 2.60 bits per heavy atom. The Balaban J connectivity index is 1.50. The van der Waals surface area contributed by atoms with E-state index >= 15 is 0 Å². The van der Waals surface area contributed by atoms with Gasteiger partial charge in [-0.2, -0.15) is 0 Å². The summed E-state index contributed by atoms with van der Waals surface area (Å²) in [4.78, 5) is 6.14. The molecule has 0 amide bonds. The van der Waals surface area contributed by atoms with E-state index in [1.807, 2.05) is 31.2 Å². The minimum atomic E-state index is 0.155. The van der Waals surface area contributed by atoms with Crippen molar-refractivity contribution in [2.45, 2.75) is 19.5 Å². The van der Waals surface area contributed by atoms with E-state index in [-0.39, 0.29) is 6.04 Å². The molecule has 30 heavy (non-hydrogen) atoms. The van der Waals surface area contributed by atoms with E-state index in [1.54, 1.807) is 29.8 Å². The Labute approximate surface area is 185 Å². The minimum absolute atomic E-state index is 0.155. The molecule has 0 spiro atoms. The van der Waals surface area contributed by atoms with Gasteiger partial charge in [0.2, 0.25) is 0 Å². The molecule has 0 fully saturated rings. The van der Waals surface area contributed by atoms with Gasteiger partial charge >= 0.3 is 0 Å². The summed E-state index contributed by atoms with van der Waals surface area (Å²) in [5, 5.41) is 8.88. The molecule has 1 atom stereocenters. The van der Waals surface area contributed by atoms with E-state index in [1.165, 1.54) is 10.4 Å². The van der Waals surface area contributed by atoms with Crippen LogP contribution in [0.3, 0.4) is 0 Å². The molecule has 154 valence electrons. The van der Waals surface area contributed by atoms with Gasteiger partial charge in [0.05, 0.1) is 25.5 Å². The maximum atomic E-state index is 5.62. The summed E-state index contributed by atoms with van der Waals surface area (Å²) in [7, 11) is 1.66. The van der Waals surface area contributed by atoms with Gasteiger partial charge in [0.1, 0.15) is 5.01 Å². The number of thiazole rings is 1. The summed E-state index contributed by atoms with van der Waals surface area (Å²) in [5.41, 5.74) is 3.32. The minimum Gasteiger partial charge on any atom is -0.493 e. The van der Waals surface area contributed by atoms with Crippen molar-refractivity contribution in [1.29, 1.82) is 0 Å². The van der Waals surface area contributed by atoms with Crippen LogP contribution in [0.5, 0.6) is 11.5 Å². The van der Waals surface area contributed by atoms with Crippen molar-refractivity contribution in [3.63, 3.8) is 0 Å². The number of ether oxygens (including phenoxy) is 2. The lowest BCUT2D eigenvalue weighted by atomic mass is 10.1. The lowest BCUT2D eigenvalue weighted by molar-refractivity contribution is 0.311. The molecule has 2 heterocycles. The van der Waals surface area contributed by atoms with E-state index in [9.17, 15) is 0 Å². The monoisotopic (exact) mass is 436 g/mol. The molecule has 0 saturated heterocycles. The van der Waals surface area contributed by atoms with Crippen LogP contribution in [0, 0.1) is 0 Å². The Kier molecular flexibility index (Phi) is 6.79. The first kappa shape index (κ1) is 20.6. The third-order valence-corrected chi connectivity index (χ3v) is 6.59. The van der Waals surface area contributed by atoms with E-state index in [4.69, 9.17) is 14.5 Å². The molecular weight excluding hydrogens is 412 g/mol. The smallest absolute Gasteiger partial charge is 0.161 e. The van der Waals surface area contributed by atoms with Crippen LogP contribution in [0.2, 0.25) is 0 Å². The maximum absolute atomic E-state index is 5.62. The highest BCUT2D eigenvalue weighted by atomic mass is 32.1. The second kappa shape index (κ2) is 9.89. The number of methoxy groups -OCH3 is 1. The Morgan fingerprint density at radius 1 is 1.00 bits per heavy atom. The van der Waals surface area contributed by atoms with E-state index in [2.05, 4.69) is 52.5 Å². The number of thiophene rings is 1. The number of nitrogens with zero attached hydrogens (tertiary/aromatic N) is 1. The SMILES string of the molecule is CCOc1ccc(-c2nc(CNC(c3ccccc3)c3cccs3)cs2)cc1OC. The topological polar surface area (TPSA) is 43.4 Å². The highest BCUT2D eigenvalue weighted by Crippen LogP contribution is 2.34. The zero-order valence-electron chi connectivity index (χ0n) is 17.0. The van der Waals surface area contributed by atoms with Crippen LogP contribution in [-0.2, 0) is 6.54 Å². The molecule has 1 unspecified atom stereocenters.